The van der Waals surface area contributed by atoms with Crippen LogP contribution in [0.1, 0.15) is 90.9 Å². The van der Waals surface area contributed by atoms with Gasteiger partial charge in [-0.15, -0.1) is 11.6 Å². The fourth-order valence-corrected chi connectivity index (χ4v) is 2.97. The van der Waals surface area contributed by atoms with Gasteiger partial charge in [0.2, 0.25) is 0 Å². The lowest BCUT2D eigenvalue weighted by Gasteiger charge is -2.21. The number of esters is 2. The minimum absolute atomic E-state index is 0.148. The molecule has 0 atom stereocenters. The molecule has 0 aliphatic rings. The molecule has 0 spiro atoms. The summed E-state index contributed by atoms with van der Waals surface area (Å²) < 4.78 is 10.5. The Hall–Kier alpha value is -0.810. The number of alkyl halides is 1. The third-order valence-corrected chi connectivity index (χ3v) is 4.91. The van der Waals surface area contributed by atoms with Crippen LogP contribution in [0.5, 0.6) is 0 Å². The Morgan fingerprint density at radius 3 is 1.61 bits per heavy atom. The number of carbonyl (C=O) groups is 2. The van der Waals surface area contributed by atoms with Gasteiger partial charge in [-0.1, -0.05) is 52.4 Å². The molecule has 0 amide bonds. The van der Waals surface area contributed by atoms with E-state index in [0.29, 0.717) is 39.1 Å². The number of rotatable bonds is 20. The minimum atomic E-state index is -0.148. The van der Waals surface area contributed by atoms with E-state index in [9.17, 15) is 9.59 Å². The number of hydrogen-bond acceptors (Lipinski definition) is 5. The highest BCUT2D eigenvalue weighted by molar-refractivity contribution is 6.17. The molecule has 0 aliphatic heterocycles. The lowest BCUT2D eigenvalue weighted by molar-refractivity contribution is -0.144. The number of ether oxygens (including phenoxy) is 2. The second-order valence-corrected chi connectivity index (χ2v) is 7.68. The molecule has 0 radical (unpaired) electrons. The fraction of sp³-hybridized carbons (Fsp3) is 0.909. The van der Waals surface area contributed by atoms with Crippen molar-refractivity contribution in [3.8, 4) is 0 Å². The van der Waals surface area contributed by atoms with E-state index in [1.807, 2.05) is 0 Å². The summed E-state index contributed by atoms with van der Waals surface area (Å²) >= 11 is 5.70. The van der Waals surface area contributed by atoms with Crippen molar-refractivity contribution in [1.82, 2.24) is 4.90 Å². The van der Waals surface area contributed by atoms with Crippen LogP contribution in [0.2, 0.25) is 0 Å². The molecule has 0 saturated carbocycles. The molecule has 0 heterocycles. The Labute approximate surface area is 177 Å². The average Bonchev–Trinajstić information content (AvgIpc) is 2.69. The maximum atomic E-state index is 11.9. The van der Waals surface area contributed by atoms with Gasteiger partial charge in [0.15, 0.2) is 0 Å². The summed E-state index contributed by atoms with van der Waals surface area (Å²) in [5.74, 6) is 0.450. The molecule has 166 valence electrons. The van der Waals surface area contributed by atoms with Crippen molar-refractivity contribution in [1.29, 1.82) is 0 Å². The molecule has 5 nitrogen and oxygen atoms in total. The van der Waals surface area contributed by atoms with Crippen molar-refractivity contribution in [2.45, 2.75) is 90.9 Å². The molecule has 0 bridgehead atoms. The van der Waals surface area contributed by atoms with E-state index in [0.717, 1.165) is 50.9 Å². The van der Waals surface area contributed by atoms with Crippen molar-refractivity contribution >= 4 is 23.5 Å². The Bertz CT molecular complexity index is 354. The first-order valence-corrected chi connectivity index (χ1v) is 11.8. The van der Waals surface area contributed by atoms with Crippen LogP contribution in [0.4, 0.5) is 0 Å². The molecular weight excluding hydrogens is 378 g/mol. The van der Waals surface area contributed by atoms with Gasteiger partial charge in [0.1, 0.15) is 0 Å². The van der Waals surface area contributed by atoms with E-state index in [4.69, 9.17) is 21.1 Å². The zero-order chi connectivity index (χ0) is 20.9. The van der Waals surface area contributed by atoms with Crippen molar-refractivity contribution < 1.29 is 19.1 Å². The highest BCUT2D eigenvalue weighted by Crippen LogP contribution is 2.08. The van der Waals surface area contributed by atoms with Gasteiger partial charge in [0, 0.05) is 19.0 Å². The third kappa shape index (κ3) is 18.5. The number of halogens is 1. The van der Waals surface area contributed by atoms with Crippen molar-refractivity contribution in [2.24, 2.45) is 0 Å². The van der Waals surface area contributed by atoms with E-state index >= 15 is 0 Å². The van der Waals surface area contributed by atoms with Gasteiger partial charge in [0.25, 0.3) is 0 Å². The van der Waals surface area contributed by atoms with Gasteiger partial charge >= 0.3 is 11.9 Å². The van der Waals surface area contributed by atoms with Crippen LogP contribution in [0.15, 0.2) is 0 Å². The molecule has 6 heteroatoms. The van der Waals surface area contributed by atoms with Gasteiger partial charge in [-0.3, -0.25) is 9.59 Å². The molecular formula is C22H42ClNO4. The standard InChI is InChI=1S/C22H42ClNO4/c1-3-5-19-27-21(25)13-17-24(16-12-10-8-7-9-11-15-23)18-14-22(26)28-20-6-4-2/h3-20H2,1-2H3. The predicted molar refractivity (Wildman–Crippen MR) is 116 cm³/mol. The Kier molecular flexibility index (Phi) is 20.3. The van der Waals surface area contributed by atoms with Crippen molar-refractivity contribution in [2.75, 3.05) is 38.7 Å². The molecule has 28 heavy (non-hydrogen) atoms. The Balaban J connectivity index is 4.14. The molecule has 0 N–H and O–H groups in total. The van der Waals surface area contributed by atoms with Crippen LogP contribution in [0, 0.1) is 0 Å². The maximum Gasteiger partial charge on any atom is 0.307 e. The second-order valence-electron chi connectivity index (χ2n) is 7.30. The lowest BCUT2D eigenvalue weighted by atomic mass is 10.1. The van der Waals surface area contributed by atoms with Crippen LogP contribution >= 0.6 is 11.6 Å². The topological polar surface area (TPSA) is 55.8 Å². The average molecular weight is 420 g/mol. The van der Waals surface area contributed by atoms with E-state index < -0.39 is 0 Å². The van der Waals surface area contributed by atoms with Crippen LogP contribution in [0.25, 0.3) is 0 Å². The first kappa shape index (κ1) is 27.2. The Morgan fingerprint density at radius 1 is 0.679 bits per heavy atom. The van der Waals surface area contributed by atoms with Crippen LogP contribution in [0.3, 0.4) is 0 Å². The summed E-state index contributed by atoms with van der Waals surface area (Å²) in [6, 6.07) is 0. The molecule has 0 aromatic carbocycles. The van der Waals surface area contributed by atoms with Gasteiger partial charge < -0.3 is 14.4 Å². The van der Waals surface area contributed by atoms with Crippen LogP contribution in [-0.2, 0) is 19.1 Å². The summed E-state index contributed by atoms with van der Waals surface area (Å²) in [6.45, 7) is 7.33. The van der Waals surface area contributed by atoms with Crippen molar-refractivity contribution in [3.05, 3.63) is 0 Å². The SMILES string of the molecule is CCCCOC(=O)CCN(CCCCCCCCCl)CCC(=O)OCCCC. The fourth-order valence-electron chi connectivity index (χ4n) is 2.78. The summed E-state index contributed by atoms with van der Waals surface area (Å²) in [5.41, 5.74) is 0. The van der Waals surface area contributed by atoms with Gasteiger partial charge in [-0.25, -0.2) is 0 Å². The van der Waals surface area contributed by atoms with Crippen molar-refractivity contribution in [3.63, 3.8) is 0 Å². The maximum absolute atomic E-state index is 11.9. The van der Waals surface area contributed by atoms with E-state index in [2.05, 4.69) is 18.7 Å². The zero-order valence-electron chi connectivity index (χ0n) is 18.2. The van der Waals surface area contributed by atoms with Gasteiger partial charge in [-0.2, -0.15) is 0 Å². The number of carbonyl (C=O) groups excluding carboxylic acids is 2. The van der Waals surface area contributed by atoms with Gasteiger partial charge in [0.05, 0.1) is 26.1 Å². The number of nitrogens with zero attached hydrogens (tertiary/aromatic N) is 1. The second kappa shape index (κ2) is 20.9. The van der Waals surface area contributed by atoms with E-state index in [1.54, 1.807) is 0 Å². The normalized spacial score (nSPS) is 11.0. The zero-order valence-corrected chi connectivity index (χ0v) is 18.9. The molecule has 0 unspecified atom stereocenters. The quantitative estimate of drug-likeness (QED) is 0.151. The summed E-state index contributed by atoms with van der Waals surface area (Å²) in [4.78, 5) is 25.9. The molecule has 0 saturated heterocycles. The highest BCUT2D eigenvalue weighted by atomic mass is 35.5. The number of unbranched alkanes of at least 4 members (excludes halogenated alkanes) is 7. The molecule has 0 aliphatic carbocycles. The minimum Gasteiger partial charge on any atom is -0.466 e. The monoisotopic (exact) mass is 419 g/mol. The molecule has 0 rings (SSSR count). The van der Waals surface area contributed by atoms with Gasteiger partial charge in [-0.05, 0) is 32.2 Å². The molecule has 0 aromatic heterocycles. The largest absolute Gasteiger partial charge is 0.466 e. The summed E-state index contributed by atoms with van der Waals surface area (Å²) in [6.07, 6.45) is 11.6. The van der Waals surface area contributed by atoms with E-state index in [-0.39, 0.29) is 11.9 Å². The van der Waals surface area contributed by atoms with Crippen LogP contribution in [-0.4, -0.2) is 55.6 Å². The summed E-state index contributed by atoms with van der Waals surface area (Å²) in [5, 5.41) is 0. The molecule has 0 fully saturated rings. The first-order valence-electron chi connectivity index (χ1n) is 11.2. The summed E-state index contributed by atoms with van der Waals surface area (Å²) in [7, 11) is 0. The smallest absolute Gasteiger partial charge is 0.307 e. The molecule has 0 aromatic rings. The highest BCUT2D eigenvalue weighted by Gasteiger charge is 2.12. The Morgan fingerprint density at radius 2 is 1.14 bits per heavy atom. The lowest BCUT2D eigenvalue weighted by Crippen LogP contribution is -2.30. The number of hydrogen-bond donors (Lipinski definition) is 0. The van der Waals surface area contributed by atoms with Crippen LogP contribution < -0.4 is 0 Å². The van der Waals surface area contributed by atoms with E-state index in [1.165, 1.54) is 25.7 Å². The first-order chi connectivity index (χ1) is 13.6. The predicted octanol–water partition coefficient (Wildman–Crippen LogP) is 5.33. The third-order valence-electron chi connectivity index (χ3n) is 4.64.